The molecule has 0 amide bonds. The van der Waals surface area contributed by atoms with E-state index >= 15 is 0 Å². The molecule has 0 fully saturated rings. The molecule has 1 unspecified atom stereocenters. The molecule has 0 aliphatic heterocycles. The SMILES string of the molecule is CCCCC(CC)CNc1ccc(F)c(N)c1C(=O)O. The highest BCUT2D eigenvalue weighted by Crippen LogP contribution is 2.26. The van der Waals surface area contributed by atoms with Crippen molar-refractivity contribution in [1.29, 1.82) is 0 Å². The van der Waals surface area contributed by atoms with Gasteiger partial charge in [0.1, 0.15) is 11.4 Å². The normalized spacial score (nSPS) is 12.2. The van der Waals surface area contributed by atoms with Gasteiger partial charge in [0.05, 0.1) is 11.4 Å². The molecule has 4 N–H and O–H groups in total. The highest BCUT2D eigenvalue weighted by molar-refractivity contribution is 6.00. The Kier molecular flexibility index (Phi) is 6.28. The Morgan fingerprint density at radius 3 is 2.70 bits per heavy atom. The van der Waals surface area contributed by atoms with E-state index in [2.05, 4.69) is 19.2 Å². The molecule has 1 rings (SSSR count). The van der Waals surface area contributed by atoms with Crippen LogP contribution in [0.1, 0.15) is 49.9 Å². The molecule has 0 saturated carbocycles. The molecule has 112 valence electrons. The molecule has 4 nitrogen and oxygen atoms in total. The zero-order valence-corrected chi connectivity index (χ0v) is 12.1. The zero-order valence-electron chi connectivity index (χ0n) is 12.1. The molecule has 0 aliphatic rings. The van der Waals surface area contributed by atoms with Crippen LogP contribution < -0.4 is 11.1 Å². The minimum Gasteiger partial charge on any atom is -0.478 e. The standard InChI is InChI=1S/C15H23FN2O2/c1-3-5-6-10(4-2)9-18-12-8-7-11(16)14(17)13(12)15(19)20/h7-8,10,18H,3-6,9,17H2,1-2H3,(H,19,20). The Bertz CT molecular complexity index is 463. The molecule has 0 saturated heterocycles. The van der Waals surface area contributed by atoms with E-state index in [4.69, 9.17) is 10.8 Å². The highest BCUT2D eigenvalue weighted by atomic mass is 19.1. The summed E-state index contributed by atoms with van der Waals surface area (Å²) in [6, 6.07) is 2.62. The number of carbonyl (C=O) groups is 1. The quantitative estimate of drug-likeness (QED) is 0.635. The van der Waals surface area contributed by atoms with Gasteiger partial charge in [-0.3, -0.25) is 0 Å². The van der Waals surface area contributed by atoms with Gasteiger partial charge in [0.15, 0.2) is 0 Å². The second kappa shape index (κ2) is 7.72. The van der Waals surface area contributed by atoms with Gasteiger partial charge in [-0.05, 0) is 24.5 Å². The van der Waals surface area contributed by atoms with Crippen molar-refractivity contribution in [3.8, 4) is 0 Å². The third kappa shape index (κ3) is 4.11. The number of nitrogen functional groups attached to an aromatic ring is 1. The fourth-order valence-corrected chi connectivity index (χ4v) is 2.17. The average Bonchev–Trinajstić information content (AvgIpc) is 2.42. The summed E-state index contributed by atoms with van der Waals surface area (Å²) in [5.74, 6) is -1.44. The van der Waals surface area contributed by atoms with E-state index < -0.39 is 11.8 Å². The Balaban J connectivity index is 2.82. The van der Waals surface area contributed by atoms with Gasteiger partial charge in [-0.25, -0.2) is 9.18 Å². The van der Waals surface area contributed by atoms with Crippen LogP contribution in [0, 0.1) is 11.7 Å². The number of hydrogen-bond acceptors (Lipinski definition) is 3. The number of anilines is 2. The van der Waals surface area contributed by atoms with Gasteiger partial charge >= 0.3 is 5.97 Å². The molecule has 0 bridgehead atoms. The topological polar surface area (TPSA) is 75.3 Å². The summed E-state index contributed by atoms with van der Waals surface area (Å²) in [6.45, 7) is 4.92. The van der Waals surface area contributed by atoms with Crippen LogP contribution in [0.2, 0.25) is 0 Å². The van der Waals surface area contributed by atoms with Gasteiger partial charge in [-0.2, -0.15) is 0 Å². The van der Waals surface area contributed by atoms with Crippen molar-refractivity contribution in [3.63, 3.8) is 0 Å². The van der Waals surface area contributed by atoms with E-state index in [1.165, 1.54) is 12.1 Å². The van der Waals surface area contributed by atoms with Crippen LogP contribution in [-0.2, 0) is 0 Å². The third-order valence-corrected chi connectivity index (χ3v) is 3.53. The van der Waals surface area contributed by atoms with E-state index in [9.17, 15) is 9.18 Å². The fourth-order valence-electron chi connectivity index (χ4n) is 2.17. The smallest absolute Gasteiger partial charge is 0.340 e. The second-order valence-corrected chi connectivity index (χ2v) is 4.99. The largest absolute Gasteiger partial charge is 0.478 e. The number of hydrogen-bond donors (Lipinski definition) is 3. The van der Waals surface area contributed by atoms with Crippen molar-refractivity contribution >= 4 is 17.3 Å². The molecule has 0 radical (unpaired) electrons. The number of aromatic carboxylic acids is 1. The number of rotatable bonds is 8. The maximum Gasteiger partial charge on any atom is 0.340 e. The number of carboxylic acids is 1. The second-order valence-electron chi connectivity index (χ2n) is 4.99. The lowest BCUT2D eigenvalue weighted by Gasteiger charge is -2.18. The van der Waals surface area contributed by atoms with E-state index in [1.54, 1.807) is 0 Å². The van der Waals surface area contributed by atoms with E-state index in [1.807, 2.05) is 0 Å². The summed E-state index contributed by atoms with van der Waals surface area (Å²) < 4.78 is 13.3. The maximum absolute atomic E-state index is 13.3. The van der Waals surface area contributed by atoms with Crippen molar-refractivity contribution < 1.29 is 14.3 Å². The number of nitrogens with two attached hydrogens (primary N) is 1. The van der Waals surface area contributed by atoms with Gasteiger partial charge in [0.25, 0.3) is 0 Å². The molecule has 20 heavy (non-hydrogen) atoms. The summed E-state index contributed by atoms with van der Waals surface area (Å²) in [5.41, 5.74) is 5.39. The van der Waals surface area contributed by atoms with Crippen molar-refractivity contribution in [1.82, 2.24) is 0 Å². The molecule has 0 aliphatic carbocycles. The minimum atomic E-state index is -1.22. The Hall–Kier alpha value is -1.78. The molecule has 5 heteroatoms. The van der Waals surface area contributed by atoms with Crippen molar-refractivity contribution in [3.05, 3.63) is 23.5 Å². The van der Waals surface area contributed by atoms with Crippen LogP contribution in [0.3, 0.4) is 0 Å². The lowest BCUT2D eigenvalue weighted by Crippen LogP contribution is -2.17. The molecule has 0 heterocycles. The van der Waals surface area contributed by atoms with Crippen LogP contribution in [0.15, 0.2) is 12.1 Å². The Labute approximate surface area is 119 Å². The summed E-state index contributed by atoms with van der Waals surface area (Å²) in [6.07, 6.45) is 4.41. The van der Waals surface area contributed by atoms with Crippen molar-refractivity contribution in [2.24, 2.45) is 5.92 Å². The number of carboxylic acid groups (broad SMARTS) is 1. The summed E-state index contributed by atoms with van der Waals surface area (Å²) >= 11 is 0. The first kappa shape index (κ1) is 16.3. The molecule has 0 spiro atoms. The van der Waals surface area contributed by atoms with Crippen LogP contribution >= 0.6 is 0 Å². The van der Waals surface area contributed by atoms with Crippen LogP contribution in [0.25, 0.3) is 0 Å². The molecule has 1 aromatic carbocycles. The first-order chi connectivity index (χ1) is 9.51. The number of unbranched alkanes of at least 4 members (excludes halogenated alkanes) is 1. The van der Waals surface area contributed by atoms with Crippen molar-refractivity contribution in [2.45, 2.75) is 39.5 Å². The number of halogens is 1. The van der Waals surface area contributed by atoms with Gasteiger partial charge in [0.2, 0.25) is 0 Å². The highest BCUT2D eigenvalue weighted by Gasteiger charge is 2.18. The zero-order chi connectivity index (χ0) is 15.1. The van der Waals surface area contributed by atoms with Crippen LogP contribution in [0.4, 0.5) is 15.8 Å². The Morgan fingerprint density at radius 1 is 1.45 bits per heavy atom. The molecule has 1 atom stereocenters. The number of benzene rings is 1. The first-order valence-corrected chi connectivity index (χ1v) is 7.06. The Morgan fingerprint density at radius 2 is 2.15 bits per heavy atom. The first-order valence-electron chi connectivity index (χ1n) is 7.06. The maximum atomic E-state index is 13.3. The minimum absolute atomic E-state index is 0.185. The van der Waals surface area contributed by atoms with E-state index in [0.29, 0.717) is 18.2 Å². The predicted molar refractivity (Wildman–Crippen MR) is 79.6 cm³/mol. The van der Waals surface area contributed by atoms with Crippen LogP contribution in [0.5, 0.6) is 0 Å². The summed E-state index contributed by atoms with van der Waals surface area (Å²) in [5, 5.41) is 12.2. The van der Waals surface area contributed by atoms with E-state index in [0.717, 1.165) is 25.7 Å². The summed E-state index contributed by atoms with van der Waals surface area (Å²) in [4.78, 5) is 11.2. The molecular formula is C15H23FN2O2. The van der Waals surface area contributed by atoms with Gasteiger partial charge < -0.3 is 16.2 Å². The fraction of sp³-hybridized carbons (Fsp3) is 0.533. The van der Waals surface area contributed by atoms with Gasteiger partial charge in [0, 0.05) is 6.54 Å². The summed E-state index contributed by atoms with van der Waals surface area (Å²) in [7, 11) is 0. The predicted octanol–water partition coefficient (Wildman–Crippen LogP) is 3.73. The third-order valence-electron chi connectivity index (χ3n) is 3.53. The van der Waals surface area contributed by atoms with Crippen molar-refractivity contribution in [2.75, 3.05) is 17.6 Å². The molecule has 1 aromatic rings. The molecular weight excluding hydrogens is 259 g/mol. The van der Waals surface area contributed by atoms with Gasteiger partial charge in [-0.1, -0.05) is 33.1 Å². The number of nitrogens with one attached hydrogen (secondary N) is 1. The lowest BCUT2D eigenvalue weighted by atomic mass is 9.99. The van der Waals surface area contributed by atoms with E-state index in [-0.39, 0.29) is 11.3 Å². The monoisotopic (exact) mass is 282 g/mol. The van der Waals surface area contributed by atoms with Crippen LogP contribution in [-0.4, -0.2) is 17.6 Å². The molecule has 0 aromatic heterocycles. The lowest BCUT2D eigenvalue weighted by molar-refractivity contribution is 0.0698. The van der Waals surface area contributed by atoms with Gasteiger partial charge in [-0.15, -0.1) is 0 Å². The average molecular weight is 282 g/mol.